The topological polar surface area (TPSA) is 106 Å². The van der Waals surface area contributed by atoms with Crippen molar-refractivity contribution in [3.63, 3.8) is 0 Å². The predicted molar refractivity (Wildman–Crippen MR) is 101 cm³/mol. The lowest BCUT2D eigenvalue weighted by atomic mass is 9.92. The van der Waals surface area contributed by atoms with E-state index in [2.05, 4.69) is 10.3 Å². The van der Waals surface area contributed by atoms with E-state index >= 15 is 0 Å². The quantitative estimate of drug-likeness (QED) is 0.693. The zero-order valence-electron chi connectivity index (χ0n) is 15.9. The highest BCUT2D eigenvalue weighted by Crippen LogP contribution is 2.31. The lowest BCUT2D eigenvalue weighted by molar-refractivity contribution is 0.0487. The summed E-state index contributed by atoms with van der Waals surface area (Å²) in [5.74, 6) is -1.08. The van der Waals surface area contributed by atoms with Crippen molar-refractivity contribution in [2.45, 2.75) is 59.1 Å². The van der Waals surface area contributed by atoms with Crippen LogP contribution in [-0.2, 0) is 14.9 Å². The summed E-state index contributed by atoms with van der Waals surface area (Å²) in [6.07, 6.45) is 0.841. The van der Waals surface area contributed by atoms with E-state index in [0.717, 1.165) is 0 Å². The van der Waals surface area contributed by atoms with Crippen LogP contribution in [-0.4, -0.2) is 35.4 Å². The first-order valence-corrected chi connectivity index (χ1v) is 10.3. The van der Waals surface area contributed by atoms with Gasteiger partial charge < -0.3 is 10.1 Å². The third kappa shape index (κ3) is 7.47. The Hall–Kier alpha value is -1.38. The van der Waals surface area contributed by atoms with Crippen molar-refractivity contribution in [3.8, 4) is 0 Å². The Morgan fingerprint density at radius 2 is 1.92 bits per heavy atom. The second-order valence-electron chi connectivity index (χ2n) is 7.65. The molecule has 0 aliphatic heterocycles. The van der Waals surface area contributed by atoms with Crippen LogP contribution in [0.5, 0.6) is 0 Å². The summed E-state index contributed by atoms with van der Waals surface area (Å²) in [7, 11) is -4.18. The molecule has 0 spiro atoms. The summed E-state index contributed by atoms with van der Waals surface area (Å²) in [5.41, 5.74) is 0.386. The van der Waals surface area contributed by atoms with E-state index in [1.54, 1.807) is 33.8 Å². The molecule has 1 aromatic heterocycles. The van der Waals surface area contributed by atoms with Crippen molar-refractivity contribution in [3.05, 3.63) is 28.5 Å². The lowest BCUT2D eigenvalue weighted by Gasteiger charge is -2.28. The number of hydrogen-bond donors (Lipinski definition) is 2. The van der Waals surface area contributed by atoms with Gasteiger partial charge in [-0.15, -0.1) is 0 Å². The zero-order valence-corrected chi connectivity index (χ0v) is 17.5. The Labute approximate surface area is 160 Å². The first kappa shape index (κ1) is 22.7. The fourth-order valence-corrected chi connectivity index (χ4v) is 3.49. The fraction of sp³-hybridized carbons (Fsp3) is 0.647. The summed E-state index contributed by atoms with van der Waals surface area (Å²) in [5, 5.41) is 3.13. The molecule has 7 nitrogen and oxygen atoms in total. The number of amides is 1. The standard InChI is InChI=1S/C17H27ClN2O5S/c1-10(2)14(20-16(21)25-17(4,5)6)15-13(7-12(18)8-19-15)11(3)9-26(22,23)24/h7-8,10-11,14H,9H2,1-6H3,(H,20,21)(H,22,23,24). The van der Waals surface area contributed by atoms with Crippen LogP contribution in [0.1, 0.15) is 64.8 Å². The maximum atomic E-state index is 12.2. The van der Waals surface area contributed by atoms with Crippen LogP contribution >= 0.6 is 11.6 Å². The predicted octanol–water partition coefficient (Wildman–Crippen LogP) is 3.95. The van der Waals surface area contributed by atoms with Crippen LogP contribution < -0.4 is 5.32 Å². The number of nitrogens with one attached hydrogen (secondary N) is 1. The molecule has 2 N–H and O–H groups in total. The summed E-state index contributed by atoms with van der Waals surface area (Å²) in [6.45, 7) is 10.7. The Kier molecular flexibility index (Phi) is 7.44. The third-order valence-electron chi connectivity index (χ3n) is 3.54. The number of ether oxygens (including phenoxy) is 1. The van der Waals surface area contributed by atoms with Gasteiger partial charge in [0, 0.05) is 6.20 Å². The monoisotopic (exact) mass is 406 g/mol. The second-order valence-corrected chi connectivity index (χ2v) is 9.58. The molecule has 1 amide bonds. The number of carbonyl (C=O) groups excluding carboxylic acids is 1. The van der Waals surface area contributed by atoms with Crippen molar-refractivity contribution in [1.29, 1.82) is 0 Å². The van der Waals surface area contributed by atoms with Crippen molar-refractivity contribution in [2.24, 2.45) is 5.92 Å². The minimum Gasteiger partial charge on any atom is -0.444 e. The normalized spacial score (nSPS) is 14.8. The average molecular weight is 407 g/mol. The van der Waals surface area contributed by atoms with Gasteiger partial charge in [0.25, 0.3) is 10.1 Å². The zero-order chi connectivity index (χ0) is 20.3. The maximum absolute atomic E-state index is 12.2. The summed E-state index contributed by atoms with van der Waals surface area (Å²) >= 11 is 6.02. The molecule has 0 saturated carbocycles. The molecule has 0 radical (unpaired) electrons. The number of pyridine rings is 1. The van der Waals surface area contributed by atoms with Gasteiger partial charge in [0.1, 0.15) is 5.60 Å². The molecule has 0 aromatic carbocycles. The smallest absolute Gasteiger partial charge is 0.408 e. The van der Waals surface area contributed by atoms with Crippen LogP contribution in [0.2, 0.25) is 5.02 Å². The van der Waals surface area contributed by atoms with Crippen LogP contribution in [0.4, 0.5) is 4.79 Å². The van der Waals surface area contributed by atoms with Gasteiger partial charge in [0.05, 0.1) is 22.5 Å². The molecule has 26 heavy (non-hydrogen) atoms. The molecule has 1 heterocycles. The molecule has 0 saturated heterocycles. The minimum atomic E-state index is -4.18. The van der Waals surface area contributed by atoms with Gasteiger partial charge in [-0.3, -0.25) is 9.54 Å². The van der Waals surface area contributed by atoms with Gasteiger partial charge in [-0.2, -0.15) is 8.42 Å². The first-order valence-electron chi connectivity index (χ1n) is 8.29. The Balaban J connectivity index is 3.25. The first-order chi connectivity index (χ1) is 11.7. The van der Waals surface area contributed by atoms with Crippen molar-refractivity contribution in [2.75, 3.05) is 5.75 Å². The molecule has 0 bridgehead atoms. The molecular weight excluding hydrogens is 380 g/mol. The van der Waals surface area contributed by atoms with Gasteiger partial charge in [-0.05, 0) is 44.2 Å². The number of rotatable bonds is 6. The molecule has 0 fully saturated rings. The Morgan fingerprint density at radius 3 is 2.38 bits per heavy atom. The van der Waals surface area contributed by atoms with E-state index in [4.69, 9.17) is 20.9 Å². The van der Waals surface area contributed by atoms with E-state index in [0.29, 0.717) is 16.3 Å². The fourth-order valence-electron chi connectivity index (χ4n) is 2.51. The van der Waals surface area contributed by atoms with Crippen molar-refractivity contribution >= 4 is 27.8 Å². The van der Waals surface area contributed by atoms with E-state index in [1.807, 2.05) is 13.8 Å². The van der Waals surface area contributed by atoms with E-state index < -0.39 is 39.5 Å². The van der Waals surface area contributed by atoms with Crippen molar-refractivity contribution < 1.29 is 22.5 Å². The lowest BCUT2D eigenvalue weighted by Crippen LogP contribution is -2.37. The number of hydrogen-bond acceptors (Lipinski definition) is 5. The number of nitrogens with zero attached hydrogens (tertiary/aromatic N) is 1. The van der Waals surface area contributed by atoms with Crippen LogP contribution in [0.3, 0.4) is 0 Å². The van der Waals surface area contributed by atoms with Gasteiger partial charge >= 0.3 is 6.09 Å². The molecule has 1 rings (SSSR count). The summed E-state index contributed by atoms with van der Waals surface area (Å²) < 4.78 is 37.0. The van der Waals surface area contributed by atoms with Crippen LogP contribution in [0.15, 0.2) is 12.3 Å². The van der Waals surface area contributed by atoms with Gasteiger partial charge in [-0.1, -0.05) is 32.4 Å². The van der Waals surface area contributed by atoms with Gasteiger partial charge in [0.15, 0.2) is 0 Å². The second kappa shape index (κ2) is 8.54. The summed E-state index contributed by atoms with van der Waals surface area (Å²) in [6, 6.07) is 1.09. The molecule has 9 heteroatoms. The number of halogens is 1. The Morgan fingerprint density at radius 1 is 1.35 bits per heavy atom. The van der Waals surface area contributed by atoms with E-state index in [1.165, 1.54) is 6.20 Å². The molecule has 2 unspecified atom stereocenters. The molecule has 1 aromatic rings. The van der Waals surface area contributed by atoms with E-state index in [-0.39, 0.29) is 5.92 Å². The summed E-state index contributed by atoms with van der Waals surface area (Å²) in [4.78, 5) is 16.5. The van der Waals surface area contributed by atoms with Crippen LogP contribution in [0, 0.1) is 5.92 Å². The van der Waals surface area contributed by atoms with E-state index in [9.17, 15) is 13.2 Å². The highest BCUT2D eigenvalue weighted by atomic mass is 35.5. The SMILES string of the molecule is CC(CS(=O)(=O)O)c1cc(Cl)cnc1C(NC(=O)OC(C)(C)C)C(C)C. The maximum Gasteiger partial charge on any atom is 0.408 e. The Bertz CT molecular complexity index is 744. The molecule has 0 aliphatic carbocycles. The average Bonchev–Trinajstić information content (AvgIpc) is 2.41. The number of aromatic nitrogens is 1. The minimum absolute atomic E-state index is 0.0483. The van der Waals surface area contributed by atoms with Gasteiger partial charge in [-0.25, -0.2) is 4.79 Å². The van der Waals surface area contributed by atoms with Gasteiger partial charge in [0.2, 0.25) is 0 Å². The molecule has 0 aliphatic rings. The molecule has 2 atom stereocenters. The van der Waals surface area contributed by atoms with Crippen molar-refractivity contribution in [1.82, 2.24) is 10.3 Å². The highest BCUT2D eigenvalue weighted by molar-refractivity contribution is 7.85. The number of alkyl carbamates (subject to hydrolysis) is 1. The van der Waals surface area contributed by atoms with Crippen LogP contribution in [0.25, 0.3) is 0 Å². The molecular formula is C17H27ClN2O5S. The largest absolute Gasteiger partial charge is 0.444 e. The molecule has 148 valence electrons. The third-order valence-corrected chi connectivity index (χ3v) is 4.67. The highest BCUT2D eigenvalue weighted by Gasteiger charge is 2.28. The number of carbonyl (C=O) groups is 1.